The molecule has 0 bridgehead atoms. The van der Waals surface area contributed by atoms with Crippen LogP contribution in [0.25, 0.3) is 0 Å². The molecule has 1 heterocycles. The molecule has 0 radical (unpaired) electrons. The quantitative estimate of drug-likeness (QED) is 0.887. The van der Waals surface area contributed by atoms with Crippen molar-refractivity contribution in [2.24, 2.45) is 0 Å². The standard InChI is InChI=1S/C10H6Br2FN3O/c11-6-2-1-5(3-8(6)13)17-9-7(12)4-15-10(14)16-9/h1-4H,(H2,14,15,16). The van der Waals surface area contributed by atoms with Gasteiger partial charge in [-0.15, -0.1) is 0 Å². The lowest BCUT2D eigenvalue weighted by Gasteiger charge is -2.07. The van der Waals surface area contributed by atoms with Gasteiger partial charge in [-0.2, -0.15) is 4.98 Å². The van der Waals surface area contributed by atoms with Crippen molar-refractivity contribution in [3.8, 4) is 11.6 Å². The fraction of sp³-hybridized carbons (Fsp3) is 0. The van der Waals surface area contributed by atoms with Gasteiger partial charge in [-0.25, -0.2) is 9.37 Å². The first kappa shape index (κ1) is 12.3. The molecule has 0 aliphatic carbocycles. The molecule has 2 rings (SSSR count). The highest BCUT2D eigenvalue weighted by atomic mass is 79.9. The molecule has 0 saturated carbocycles. The number of nitrogens with two attached hydrogens (primary N) is 1. The minimum atomic E-state index is -0.416. The Hall–Kier alpha value is -1.21. The molecule has 0 unspecified atom stereocenters. The van der Waals surface area contributed by atoms with Crippen molar-refractivity contribution in [3.05, 3.63) is 39.2 Å². The van der Waals surface area contributed by atoms with Crippen LogP contribution in [0.1, 0.15) is 0 Å². The SMILES string of the molecule is Nc1ncc(Br)c(Oc2ccc(Br)c(F)c2)n1. The Morgan fingerprint density at radius 2 is 2.00 bits per heavy atom. The Balaban J connectivity index is 2.31. The maximum absolute atomic E-state index is 13.3. The molecule has 1 aromatic carbocycles. The van der Waals surface area contributed by atoms with Crippen molar-refractivity contribution < 1.29 is 9.13 Å². The number of hydrogen-bond acceptors (Lipinski definition) is 4. The number of halogens is 3. The maximum Gasteiger partial charge on any atom is 0.238 e. The third-order valence-corrected chi connectivity index (χ3v) is 3.02. The van der Waals surface area contributed by atoms with E-state index in [0.29, 0.717) is 14.7 Å². The number of anilines is 1. The van der Waals surface area contributed by atoms with E-state index in [4.69, 9.17) is 10.5 Å². The Kier molecular flexibility index (Phi) is 3.58. The minimum absolute atomic E-state index is 0.0841. The number of nitrogen functional groups attached to an aromatic ring is 1. The lowest BCUT2D eigenvalue weighted by molar-refractivity contribution is 0.454. The summed E-state index contributed by atoms with van der Waals surface area (Å²) in [6.07, 6.45) is 1.47. The second kappa shape index (κ2) is 4.97. The highest BCUT2D eigenvalue weighted by Crippen LogP contribution is 2.29. The Bertz CT molecular complexity index is 565. The van der Waals surface area contributed by atoms with Crippen molar-refractivity contribution >= 4 is 37.8 Å². The summed E-state index contributed by atoms with van der Waals surface area (Å²) < 4.78 is 19.6. The molecular formula is C10H6Br2FN3O. The molecule has 0 spiro atoms. The van der Waals surface area contributed by atoms with Crippen LogP contribution >= 0.6 is 31.9 Å². The second-order valence-corrected chi connectivity index (χ2v) is 4.77. The average Bonchev–Trinajstić information content (AvgIpc) is 2.29. The molecule has 0 atom stereocenters. The number of ether oxygens (including phenoxy) is 1. The number of aromatic nitrogens is 2. The van der Waals surface area contributed by atoms with Gasteiger partial charge in [0.1, 0.15) is 11.6 Å². The van der Waals surface area contributed by atoms with Crippen LogP contribution in [0, 0.1) is 5.82 Å². The van der Waals surface area contributed by atoms with Crippen LogP contribution in [0.4, 0.5) is 10.3 Å². The van der Waals surface area contributed by atoms with E-state index in [-0.39, 0.29) is 11.8 Å². The molecular weight excluding hydrogens is 357 g/mol. The number of benzene rings is 1. The van der Waals surface area contributed by atoms with Gasteiger partial charge < -0.3 is 10.5 Å². The first-order chi connectivity index (χ1) is 8.06. The second-order valence-electron chi connectivity index (χ2n) is 3.06. The van der Waals surface area contributed by atoms with Gasteiger partial charge in [0.2, 0.25) is 11.8 Å². The molecule has 0 aliphatic heterocycles. The molecule has 0 fully saturated rings. The molecule has 0 saturated heterocycles. The zero-order valence-corrected chi connectivity index (χ0v) is 11.5. The van der Waals surface area contributed by atoms with Crippen molar-refractivity contribution in [3.63, 3.8) is 0 Å². The number of rotatable bonds is 2. The fourth-order valence-corrected chi connectivity index (χ4v) is 1.61. The van der Waals surface area contributed by atoms with Crippen LogP contribution in [-0.4, -0.2) is 9.97 Å². The number of nitrogens with zero attached hydrogens (tertiary/aromatic N) is 2. The molecule has 0 amide bonds. The molecule has 88 valence electrons. The zero-order valence-electron chi connectivity index (χ0n) is 8.32. The molecule has 4 nitrogen and oxygen atoms in total. The van der Waals surface area contributed by atoms with Crippen molar-refractivity contribution in [1.82, 2.24) is 9.97 Å². The molecule has 7 heteroatoms. The van der Waals surface area contributed by atoms with Gasteiger partial charge in [-0.3, -0.25) is 0 Å². The monoisotopic (exact) mass is 361 g/mol. The first-order valence-corrected chi connectivity index (χ1v) is 6.06. The van der Waals surface area contributed by atoms with E-state index in [0.717, 1.165) is 0 Å². The molecule has 1 aromatic heterocycles. The summed E-state index contributed by atoms with van der Waals surface area (Å²) in [4.78, 5) is 7.65. The minimum Gasteiger partial charge on any atom is -0.438 e. The lowest BCUT2D eigenvalue weighted by Crippen LogP contribution is -1.97. The summed E-state index contributed by atoms with van der Waals surface area (Å²) in [5.41, 5.74) is 5.43. The van der Waals surface area contributed by atoms with E-state index in [1.54, 1.807) is 12.1 Å². The van der Waals surface area contributed by atoms with Crippen molar-refractivity contribution in [2.75, 3.05) is 5.73 Å². The van der Waals surface area contributed by atoms with Crippen LogP contribution in [0.15, 0.2) is 33.3 Å². The largest absolute Gasteiger partial charge is 0.438 e. The molecule has 2 aromatic rings. The molecule has 17 heavy (non-hydrogen) atoms. The predicted octanol–water partition coefficient (Wildman–Crippen LogP) is 3.52. The van der Waals surface area contributed by atoms with Crippen LogP contribution in [0.3, 0.4) is 0 Å². The topological polar surface area (TPSA) is 61.0 Å². The van der Waals surface area contributed by atoms with Gasteiger partial charge in [0.05, 0.1) is 15.1 Å². The maximum atomic E-state index is 13.3. The Labute approximate surface area is 113 Å². The van der Waals surface area contributed by atoms with Gasteiger partial charge in [0, 0.05) is 6.07 Å². The highest BCUT2D eigenvalue weighted by molar-refractivity contribution is 9.10. The summed E-state index contributed by atoms with van der Waals surface area (Å²) in [6.45, 7) is 0. The van der Waals surface area contributed by atoms with Crippen LogP contribution in [0.5, 0.6) is 11.6 Å². The third kappa shape index (κ3) is 2.92. The summed E-state index contributed by atoms with van der Waals surface area (Å²) in [7, 11) is 0. The zero-order chi connectivity index (χ0) is 12.4. The molecule has 0 aliphatic rings. The van der Waals surface area contributed by atoms with E-state index in [1.807, 2.05) is 0 Å². The van der Waals surface area contributed by atoms with E-state index in [1.165, 1.54) is 12.3 Å². The third-order valence-electron chi connectivity index (χ3n) is 1.84. The molecule has 2 N–H and O–H groups in total. The van der Waals surface area contributed by atoms with Gasteiger partial charge >= 0.3 is 0 Å². The predicted molar refractivity (Wildman–Crippen MR) is 68.3 cm³/mol. The Morgan fingerprint density at radius 3 is 2.71 bits per heavy atom. The smallest absolute Gasteiger partial charge is 0.238 e. The highest BCUT2D eigenvalue weighted by Gasteiger charge is 2.08. The van der Waals surface area contributed by atoms with Gasteiger partial charge in [0.15, 0.2) is 0 Å². The van der Waals surface area contributed by atoms with E-state index < -0.39 is 5.82 Å². The normalized spacial score (nSPS) is 10.3. The number of hydrogen-bond donors (Lipinski definition) is 1. The van der Waals surface area contributed by atoms with Crippen molar-refractivity contribution in [2.45, 2.75) is 0 Å². The van der Waals surface area contributed by atoms with Crippen molar-refractivity contribution in [1.29, 1.82) is 0 Å². The lowest BCUT2D eigenvalue weighted by atomic mass is 10.3. The van der Waals surface area contributed by atoms with Gasteiger partial charge in [-0.05, 0) is 44.0 Å². The van der Waals surface area contributed by atoms with Crippen LogP contribution in [-0.2, 0) is 0 Å². The summed E-state index contributed by atoms with van der Waals surface area (Å²) in [5, 5.41) is 0. The summed E-state index contributed by atoms with van der Waals surface area (Å²) in [6, 6.07) is 4.40. The van der Waals surface area contributed by atoms with Crippen LogP contribution in [0.2, 0.25) is 0 Å². The van der Waals surface area contributed by atoms with E-state index in [9.17, 15) is 4.39 Å². The van der Waals surface area contributed by atoms with E-state index >= 15 is 0 Å². The summed E-state index contributed by atoms with van der Waals surface area (Å²) in [5.74, 6) is 0.227. The Morgan fingerprint density at radius 1 is 1.24 bits per heavy atom. The van der Waals surface area contributed by atoms with E-state index in [2.05, 4.69) is 41.8 Å². The fourth-order valence-electron chi connectivity index (χ4n) is 1.09. The first-order valence-electron chi connectivity index (χ1n) is 4.47. The van der Waals surface area contributed by atoms with Gasteiger partial charge in [-0.1, -0.05) is 0 Å². The summed E-state index contributed by atoms with van der Waals surface area (Å²) >= 11 is 6.27. The average molecular weight is 363 g/mol. The van der Waals surface area contributed by atoms with Crippen LogP contribution < -0.4 is 10.5 Å². The van der Waals surface area contributed by atoms with Gasteiger partial charge in [0.25, 0.3) is 0 Å².